The predicted octanol–water partition coefficient (Wildman–Crippen LogP) is 3.93. The minimum absolute atomic E-state index is 0.0501. The minimum atomic E-state index is -0.855. The van der Waals surface area contributed by atoms with E-state index >= 15 is 0 Å². The molecule has 5 rings (SSSR count). The lowest BCUT2D eigenvalue weighted by atomic mass is 9.67. The monoisotopic (exact) mass is 412 g/mol. The van der Waals surface area contributed by atoms with E-state index < -0.39 is 17.5 Å². The summed E-state index contributed by atoms with van der Waals surface area (Å²) in [6, 6.07) is 6.85. The van der Waals surface area contributed by atoms with Crippen LogP contribution in [0.3, 0.4) is 0 Å². The summed E-state index contributed by atoms with van der Waals surface area (Å²) in [4.78, 5) is 36.9. The molecule has 5 unspecified atom stereocenters. The third-order valence-corrected chi connectivity index (χ3v) is 6.59. The van der Waals surface area contributed by atoms with Gasteiger partial charge in [-0.1, -0.05) is 18.7 Å². The smallest absolute Gasteiger partial charge is 0.338 e. The molecule has 0 aromatic heterocycles. The van der Waals surface area contributed by atoms with Gasteiger partial charge in [-0.3, -0.25) is 4.79 Å². The van der Waals surface area contributed by atoms with E-state index in [1.54, 1.807) is 45.0 Å². The van der Waals surface area contributed by atoms with Gasteiger partial charge >= 0.3 is 17.9 Å². The standard InChI is InChI=1S/C24H28O6/c1-13(2)21(25)30-24(3,4)18-7-5-15(6-8-18)22(26)29-20-16-9-14-10-17(12-16)23(27)28-19(20)11-14/h5-8,14,16-17,19-20H,1,9-12H2,2-4H3. The SMILES string of the molecule is C=C(C)C(=O)OC(C)(C)c1ccc(C(=O)OC2C3CC4CC(C3)C(=O)OC2C4)cc1. The average Bonchev–Trinajstić information content (AvgIpc) is 2.85. The Labute approximate surface area is 176 Å². The number of benzene rings is 1. The Morgan fingerprint density at radius 1 is 1.10 bits per heavy atom. The zero-order valence-corrected chi connectivity index (χ0v) is 17.7. The van der Waals surface area contributed by atoms with Gasteiger partial charge in [-0.05, 0) is 70.1 Å². The van der Waals surface area contributed by atoms with Crippen molar-refractivity contribution in [2.24, 2.45) is 17.8 Å². The van der Waals surface area contributed by atoms with Crippen LogP contribution in [0.5, 0.6) is 0 Å². The van der Waals surface area contributed by atoms with Gasteiger partial charge in [0.2, 0.25) is 0 Å². The van der Waals surface area contributed by atoms with Crippen LogP contribution in [0.4, 0.5) is 0 Å². The number of ether oxygens (including phenoxy) is 3. The fourth-order valence-electron chi connectivity index (χ4n) is 5.01. The first-order chi connectivity index (χ1) is 14.1. The number of hydrogen-bond donors (Lipinski definition) is 0. The van der Waals surface area contributed by atoms with Crippen LogP contribution < -0.4 is 0 Å². The molecule has 0 N–H and O–H groups in total. The molecule has 160 valence electrons. The summed E-state index contributed by atoms with van der Waals surface area (Å²) in [7, 11) is 0. The summed E-state index contributed by atoms with van der Waals surface area (Å²) in [5.74, 6) is -0.401. The van der Waals surface area contributed by atoms with Crippen LogP contribution in [0.2, 0.25) is 0 Å². The topological polar surface area (TPSA) is 78.9 Å². The molecule has 4 bridgehead atoms. The number of carbonyl (C=O) groups excluding carboxylic acids is 3. The lowest BCUT2D eigenvalue weighted by Crippen LogP contribution is -2.45. The Hall–Kier alpha value is -2.63. The van der Waals surface area contributed by atoms with E-state index in [0.29, 0.717) is 17.1 Å². The highest BCUT2D eigenvalue weighted by Gasteiger charge is 2.51. The molecule has 4 aliphatic rings. The molecular weight excluding hydrogens is 384 g/mol. The second-order valence-corrected chi connectivity index (χ2v) is 9.37. The second-order valence-electron chi connectivity index (χ2n) is 9.37. The van der Waals surface area contributed by atoms with Crippen molar-refractivity contribution in [3.05, 3.63) is 47.5 Å². The van der Waals surface area contributed by atoms with E-state index in [4.69, 9.17) is 14.2 Å². The first kappa shape index (κ1) is 20.6. The molecule has 6 nitrogen and oxygen atoms in total. The Morgan fingerprint density at radius 2 is 1.80 bits per heavy atom. The van der Waals surface area contributed by atoms with Crippen molar-refractivity contribution < 1.29 is 28.6 Å². The normalized spacial score (nSPS) is 29.7. The molecule has 30 heavy (non-hydrogen) atoms. The van der Waals surface area contributed by atoms with Crippen molar-refractivity contribution in [1.82, 2.24) is 0 Å². The molecule has 5 atom stereocenters. The number of fused-ring (bicyclic) bond motifs is 1. The van der Waals surface area contributed by atoms with E-state index in [1.165, 1.54) is 0 Å². The van der Waals surface area contributed by atoms with Gasteiger partial charge in [0.25, 0.3) is 0 Å². The van der Waals surface area contributed by atoms with Gasteiger partial charge in [-0.2, -0.15) is 0 Å². The van der Waals surface area contributed by atoms with E-state index in [9.17, 15) is 14.4 Å². The highest BCUT2D eigenvalue weighted by atomic mass is 16.6. The molecular formula is C24H28O6. The van der Waals surface area contributed by atoms with E-state index in [2.05, 4.69) is 6.58 Å². The van der Waals surface area contributed by atoms with Crippen LogP contribution >= 0.6 is 0 Å². The Morgan fingerprint density at radius 3 is 2.47 bits per heavy atom. The van der Waals surface area contributed by atoms with Crippen LogP contribution in [0, 0.1) is 17.8 Å². The molecule has 2 aliphatic heterocycles. The number of carbonyl (C=O) groups is 3. The molecule has 1 aromatic carbocycles. The van der Waals surface area contributed by atoms with Crippen LogP contribution in [0.1, 0.15) is 62.4 Å². The van der Waals surface area contributed by atoms with Crippen molar-refractivity contribution in [2.45, 2.75) is 64.3 Å². The minimum Gasteiger partial charge on any atom is -0.458 e. The maximum atomic E-state index is 12.8. The van der Waals surface area contributed by atoms with Crippen LogP contribution in [-0.2, 0) is 29.4 Å². The van der Waals surface area contributed by atoms with E-state index in [1.807, 2.05) is 0 Å². The first-order valence-corrected chi connectivity index (χ1v) is 10.5. The Balaban J connectivity index is 1.45. The lowest BCUT2D eigenvalue weighted by molar-refractivity contribution is -0.156. The average molecular weight is 412 g/mol. The maximum absolute atomic E-state index is 12.8. The molecule has 0 spiro atoms. The van der Waals surface area contributed by atoms with Crippen molar-refractivity contribution in [3.63, 3.8) is 0 Å². The summed E-state index contributed by atoms with van der Waals surface area (Å²) in [5.41, 5.74) is 0.649. The van der Waals surface area contributed by atoms with Gasteiger partial charge in [-0.25, -0.2) is 9.59 Å². The predicted molar refractivity (Wildman–Crippen MR) is 108 cm³/mol. The second kappa shape index (κ2) is 7.56. The van der Waals surface area contributed by atoms with Gasteiger partial charge < -0.3 is 14.2 Å². The third-order valence-electron chi connectivity index (χ3n) is 6.59. The van der Waals surface area contributed by atoms with Crippen molar-refractivity contribution in [1.29, 1.82) is 0 Å². The summed E-state index contributed by atoms with van der Waals surface area (Å²) in [6.45, 7) is 8.77. The van der Waals surface area contributed by atoms with Gasteiger partial charge in [-0.15, -0.1) is 0 Å². The van der Waals surface area contributed by atoms with E-state index in [-0.39, 0.29) is 30.0 Å². The maximum Gasteiger partial charge on any atom is 0.338 e. The molecule has 2 aliphatic carbocycles. The highest BCUT2D eigenvalue weighted by molar-refractivity contribution is 5.90. The van der Waals surface area contributed by atoms with E-state index in [0.717, 1.165) is 31.2 Å². The Bertz CT molecular complexity index is 883. The number of esters is 3. The van der Waals surface area contributed by atoms with Crippen LogP contribution in [-0.4, -0.2) is 30.1 Å². The fraction of sp³-hybridized carbons (Fsp3) is 0.542. The van der Waals surface area contributed by atoms with Gasteiger partial charge in [0.05, 0.1) is 11.5 Å². The quantitative estimate of drug-likeness (QED) is 0.414. The summed E-state index contributed by atoms with van der Waals surface area (Å²) >= 11 is 0. The molecule has 0 radical (unpaired) electrons. The van der Waals surface area contributed by atoms with Gasteiger partial charge in [0, 0.05) is 11.5 Å². The molecule has 0 amide bonds. The summed E-state index contributed by atoms with van der Waals surface area (Å²) < 4.78 is 17.0. The van der Waals surface area contributed by atoms with Gasteiger partial charge in [0.15, 0.2) is 0 Å². The summed E-state index contributed by atoms with van der Waals surface area (Å²) in [6.07, 6.45) is 2.69. The zero-order chi connectivity index (χ0) is 21.6. The third kappa shape index (κ3) is 3.87. The molecule has 6 heteroatoms. The fourth-order valence-corrected chi connectivity index (χ4v) is 5.01. The van der Waals surface area contributed by atoms with Crippen molar-refractivity contribution in [2.75, 3.05) is 0 Å². The first-order valence-electron chi connectivity index (χ1n) is 10.5. The Kier molecular flexibility index (Phi) is 5.20. The summed E-state index contributed by atoms with van der Waals surface area (Å²) in [5, 5.41) is 0. The molecule has 2 saturated carbocycles. The number of rotatable bonds is 5. The molecule has 1 aromatic rings. The number of hydrogen-bond acceptors (Lipinski definition) is 6. The van der Waals surface area contributed by atoms with Gasteiger partial charge in [0.1, 0.15) is 17.8 Å². The lowest BCUT2D eigenvalue weighted by Gasteiger charge is -2.41. The molecule has 2 saturated heterocycles. The molecule has 4 fully saturated rings. The molecule has 2 heterocycles. The highest BCUT2D eigenvalue weighted by Crippen LogP contribution is 2.48. The largest absolute Gasteiger partial charge is 0.458 e. The van der Waals surface area contributed by atoms with Crippen LogP contribution in [0.15, 0.2) is 36.4 Å². The van der Waals surface area contributed by atoms with Crippen LogP contribution in [0.25, 0.3) is 0 Å². The zero-order valence-electron chi connectivity index (χ0n) is 17.7. The van der Waals surface area contributed by atoms with Crippen molar-refractivity contribution in [3.8, 4) is 0 Å². The van der Waals surface area contributed by atoms with Crippen molar-refractivity contribution >= 4 is 17.9 Å².